The van der Waals surface area contributed by atoms with Gasteiger partial charge in [-0.25, -0.2) is 4.98 Å². The second kappa shape index (κ2) is 6.16. The number of aromatic nitrogens is 2. The van der Waals surface area contributed by atoms with Crippen molar-refractivity contribution in [3.63, 3.8) is 0 Å². The third-order valence-electron chi connectivity index (χ3n) is 2.83. The van der Waals surface area contributed by atoms with Crippen LogP contribution in [0, 0.1) is 0 Å². The summed E-state index contributed by atoms with van der Waals surface area (Å²) >= 11 is 8.43. The summed E-state index contributed by atoms with van der Waals surface area (Å²) in [5.74, 6) is 1.06. The van der Waals surface area contributed by atoms with E-state index in [0.717, 1.165) is 34.5 Å². The summed E-state index contributed by atoms with van der Waals surface area (Å²) in [5.41, 5.74) is 7.50. The van der Waals surface area contributed by atoms with Crippen LogP contribution >= 0.6 is 28.1 Å². The maximum Gasteiger partial charge on any atom is 0.110 e. The lowest BCUT2D eigenvalue weighted by Crippen LogP contribution is -2.11. The number of nitrogens with two attached hydrogens (primary N) is 1. The zero-order valence-corrected chi connectivity index (χ0v) is 13.0. The van der Waals surface area contributed by atoms with Gasteiger partial charge in [0.15, 0.2) is 0 Å². The van der Waals surface area contributed by atoms with Crippen molar-refractivity contribution < 1.29 is 0 Å². The van der Waals surface area contributed by atoms with Crippen LogP contribution < -0.4 is 11.1 Å². The first-order chi connectivity index (χ1) is 9.08. The maximum absolute atomic E-state index is 5.62. The molecule has 100 valence electrons. The van der Waals surface area contributed by atoms with Gasteiger partial charge in [0.05, 0.1) is 0 Å². The summed E-state index contributed by atoms with van der Waals surface area (Å²) in [7, 11) is 2.00. The van der Waals surface area contributed by atoms with E-state index < -0.39 is 0 Å². The molecule has 0 bridgehead atoms. The second-order valence-electron chi connectivity index (χ2n) is 4.19. The van der Waals surface area contributed by atoms with Crippen molar-refractivity contribution in [3.05, 3.63) is 46.5 Å². The van der Waals surface area contributed by atoms with Gasteiger partial charge in [-0.2, -0.15) is 0 Å². The van der Waals surface area contributed by atoms with Gasteiger partial charge in [-0.3, -0.25) is 0 Å². The van der Waals surface area contributed by atoms with Gasteiger partial charge in [0.25, 0.3) is 0 Å². The van der Waals surface area contributed by atoms with Crippen LogP contribution in [0.4, 0.5) is 5.69 Å². The van der Waals surface area contributed by atoms with E-state index in [9.17, 15) is 0 Å². The lowest BCUT2D eigenvalue weighted by atomic mass is 10.2. The Bertz CT molecular complexity index is 594. The van der Waals surface area contributed by atoms with Crippen LogP contribution in [0.1, 0.15) is 11.4 Å². The number of hydrogen-bond donors (Lipinski definition) is 2. The van der Waals surface area contributed by atoms with Gasteiger partial charge in [-0.05, 0) is 34.1 Å². The molecule has 4 nitrogen and oxygen atoms in total. The molecule has 0 spiro atoms. The Labute approximate surface area is 126 Å². The Hall–Kier alpha value is -1.40. The molecule has 0 saturated heterocycles. The Balaban J connectivity index is 1.95. The normalized spacial score (nSPS) is 10.4. The number of anilines is 1. The Morgan fingerprint density at radius 3 is 2.89 bits per heavy atom. The minimum atomic E-state index is 0.395. The first-order valence-electron chi connectivity index (χ1n) is 5.87. The van der Waals surface area contributed by atoms with Crippen molar-refractivity contribution in [2.75, 3.05) is 11.9 Å². The highest BCUT2D eigenvalue weighted by atomic mass is 79.9. The van der Waals surface area contributed by atoms with Gasteiger partial charge in [-0.1, -0.05) is 12.2 Å². The average Bonchev–Trinajstić information content (AvgIpc) is 2.75. The smallest absolute Gasteiger partial charge is 0.110 e. The molecule has 19 heavy (non-hydrogen) atoms. The zero-order chi connectivity index (χ0) is 13.8. The van der Waals surface area contributed by atoms with Crippen LogP contribution in [0.15, 0.2) is 35.1 Å². The van der Waals surface area contributed by atoms with Gasteiger partial charge in [-0.15, -0.1) is 0 Å². The molecule has 1 heterocycles. The fraction of sp³-hybridized carbons (Fsp3) is 0.231. The number of nitrogens with one attached hydrogen (secondary N) is 1. The molecule has 0 amide bonds. The van der Waals surface area contributed by atoms with E-state index in [1.165, 1.54) is 0 Å². The lowest BCUT2D eigenvalue weighted by Gasteiger charge is -2.09. The summed E-state index contributed by atoms with van der Waals surface area (Å²) in [6.45, 7) is 0.823. The number of benzene rings is 1. The molecule has 0 aliphatic heterocycles. The van der Waals surface area contributed by atoms with E-state index in [1.54, 1.807) is 0 Å². The van der Waals surface area contributed by atoms with Gasteiger partial charge in [0.2, 0.25) is 0 Å². The summed E-state index contributed by atoms with van der Waals surface area (Å²) in [6.07, 6.45) is 4.63. The fourth-order valence-electron chi connectivity index (χ4n) is 1.78. The third kappa shape index (κ3) is 3.54. The third-order valence-corrected chi connectivity index (χ3v) is 3.71. The Kier molecular flexibility index (Phi) is 4.55. The summed E-state index contributed by atoms with van der Waals surface area (Å²) < 4.78 is 2.93. The molecule has 1 aromatic carbocycles. The van der Waals surface area contributed by atoms with Crippen LogP contribution in [-0.4, -0.2) is 21.1 Å². The fourth-order valence-corrected chi connectivity index (χ4v) is 2.68. The van der Waals surface area contributed by atoms with E-state index in [-0.39, 0.29) is 0 Å². The minimum absolute atomic E-state index is 0.395. The lowest BCUT2D eigenvalue weighted by molar-refractivity contribution is 0.789. The van der Waals surface area contributed by atoms with Crippen molar-refractivity contribution in [1.29, 1.82) is 0 Å². The Morgan fingerprint density at radius 2 is 2.32 bits per heavy atom. The molecule has 6 heteroatoms. The summed E-state index contributed by atoms with van der Waals surface area (Å²) in [4.78, 5) is 4.68. The number of thiocarbonyl (C=S) groups is 1. The van der Waals surface area contributed by atoms with Crippen LogP contribution in [0.5, 0.6) is 0 Å². The largest absolute Gasteiger partial charge is 0.389 e. The van der Waals surface area contributed by atoms with Crippen LogP contribution in [-0.2, 0) is 13.5 Å². The number of rotatable bonds is 5. The number of nitrogens with zero attached hydrogens (tertiary/aromatic N) is 2. The van der Waals surface area contributed by atoms with Gasteiger partial charge < -0.3 is 15.6 Å². The highest BCUT2D eigenvalue weighted by Crippen LogP contribution is 2.21. The van der Waals surface area contributed by atoms with E-state index in [2.05, 4.69) is 26.2 Å². The van der Waals surface area contributed by atoms with Gasteiger partial charge in [0, 0.05) is 48.1 Å². The molecule has 0 unspecified atom stereocenters. The molecule has 1 aromatic heterocycles. The standard InChI is InChI=1S/C13H15BrN4S/c1-18-7-6-17-12(18)4-5-16-9-2-3-10(13(15)19)11(14)8-9/h2-3,6-8,16H,4-5H2,1H3,(H2,15,19). The van der Waals surface area contributed by atoms with E-state index in [4.69, 9.17) is 18.0 Å². The van der Waals surface area contributed by atoms with Crippen molar-refractivity contribution >= 4 is 38.8 Å². The van der Waals surface area contributed by atoms with Crippen molar-refractivity contribution in [2.24, 2.45) is 12.8 Å². The maximum atomic E-state index is 5.62. The van der Waals surface area contributed by atoms with Crippen molar-refractivity contribution in [1.82, 2.24) is 9.55 Å². The molecule has 0 radical (unpaired) electrons. The predicted octanol–water partition coefficient (Wildman–Crippen LogP) is 2.47. The molecular formula is C13H15BrN4S. The monoisotopic (exact) mass is 338 g/mol. The van der Waals surface area contributed by atoms with Crippen LogP contribution in [0.25, 0.3) is 0 Å². The first kappa shape index (κ1) is 14.0. The predicted molar refractivity (Wildman–Crippen MR) is 85.4 cm³/mol. The SMILES string of the molecule is Cn1ccnc1CCNc1ccc(C(N)=S)c(Br)c1. The quantitative estimate of drug-likeness (QED) is 0.822. The molecule has 0 aliphatic carbocycles. The molecule has 0 aliphatic rings. The van der Waals surface area contributed by atoms with Crippen molar-refractivity contribution in [2.45, 2.75) is 6.42 Å². The van der Waals surface area contributed by atoms with E-state index in [1.807, 2.05) is 42.2 Å². The summed E-state index contributed by atoms with van der Waals surface area (Å²) in [6, 6.07) is 5.86. The second-order valence-corrected chi connectivity index (χ2v) is 5.48. The zero-order valence-electron chi connectivity index (χ0n) is 10.6. The average molecular weight is 339 g/mol. The van der Waals surface area contributed by atoms with E-state index in [0.29, 0.717) is 4.99 Å². The molecule has 0 fully saturated rings. The summed E-state index contributed by atoms with van der Waals surface area (Å²) in [5, 5.41) is 3.35. The van der Waals surface area contributed by atoms with E-state index >= 15 is 0 Å². The Morgan fingerprint density at radius 1 is 1.53 bits per heavy atom. The number of aryl methyl sites for hydroxylation is 1. The highest BCUT2D eigenvalue weighted by Gasteiger charge is 2.04. The van der Waals surface area contributed by atoms with Crippen LogP contribution in [0.3, 0.4) is 0 Å². The molecule has 0 atom stereocenters. The topological polar surface area (TPSA) is 55.9 Å². The van der Waals surface area contributed by atoms with Gasteiger partial charge >= 0.3 is 0 Å². The number of hydrogen-bond acceptors (Lipinski definition) is 3. The van der Waals surface area contributed by atoms with Crippen molar-refractivity contribution in [3.8, 4) is 0 Å². The van der Waals surface area contributed by atoms with Gasteiger partial charge in [0.1, 0.15) is 10.8 Å². The minimum Gasteiger partial charge on any atom is -0.389 e. The molecule has 2 aromatic rings. The highest BCUT2D eigenvalue weighted by molar-refractivity contribution is 9.10. The molecule has 2 rings (SSSR count). The van der Waals surface area contributed by atoms with Crippen LogP contribution in [0.2, 0.25) is 0 Å². The molecule has 3 N–H and O–H groups in total. The molecule has 0 saturated carbocycles. The first-order valence-corrected chi connectivity index (χ1v) is 7.07. The molecular weight excluding hydrogens is 324 g/mol. The number of imidazole rings is 1. The number of halogens is 1.